The fourth-order valence-corrected chi connectivity index (χ4v) is 3.59. The van der Waals surface area contributed by atoms with Gasteiger partial charge in [0.25, 0.3) is 11.8 Å². The Morgan fingerprint density at radius 3 is 2.15 bits per heavy atom. The summed E-state index contributed by atoms with van der Waals surface area (Å²) in [5.74, 6) is -1.19. The van der Waals surface area contributed by atoms with Crippen LogP contribution in [-0.2, 0) is 9.59 Å². The molecule has 7 nitrogen and oxygen atoms in total. The fourth-order valence-electron chi connectivity index (χ4n) is 3.16. The lowest BCUT2D eigenvalue weighted by Crippen LogP contribution is -2.32. The Morgan fingerprint density at radius 1 is 0.848 bits per heavy atom. The predicted octanol–water partition coefficient (Wildman–Crippen LogP) is 5.00. The van der Waals surface area contributed by atoms with Gasteiger partial charge in [0, 0.05) is 5.69 Å². The topological polar surface area (TPSA) is 84.9 Å². The number of hydrogen-bond donors (Lipinski definition) is 1. The highest BCUT2D eigenvalue weighted by Crippen LogP contribution is 2.34. The third kappa shape index (κ3) is 4.41. The molecule has 0 fully saturated rings. The van der Waals surface area contributed by atoms with E-state index in [1.807, 2.05) is 0 Å². The molecule has 1 heterocycles. The number of rotatable bonds is 6. The van der Waals surface area contributed by atoms with Crippen molar-refractivity contribution in [2.24, 2.45) is 0 Å². The number of nitrogens with zero attached hydrogens (tertiary/aromatic N) is 1. The first kappa shape index (κ1) is 22.4. The van der Waals surface area contributed by atoms with Gasteiger partial charge in [-0.1, -0.05) is 47.5 Å². The Kier molecular flexibility index (Phi) is 6.35. The van der Waals surface area contributed by atoms with Crippen molar-refractivity contribution in [2.75, 3.05) is 17.3 Å². The van der Waals surface area contributed by atoms with Crippen molar-refractivity contribution in [3.8, 4) is 11.5 Å². The van der Waals surface area contributed by atoms with E-state index < -0.39 is 17.8 Å². The lowest BCUT2D eigenvalue weighted by atomic mass is 10.2. The van der Waals surface area contributed by atoms with Gasteiger partial charge >= 0.3 is 5.97 Å². The second-order valence-electron chi connectivity index (χ2n) is 6.83. The maximum atomic E-state index is 12.9. The SMILES string of the molecule is COc1ccccc1OC(=O)c1ccc(NC2=C(Cl)C(=O)N(c3ccccc3Cl)C2=O)cc1. The molecule has 0 radical (unpaired) electrons. The molecular weight excluding hydrogens is 467 g/mol. The number of benzene rings is 3. The monoisotopic (exact) mass is 482 g/mol. The number of nitrogens with one attached hydrogen (secondary N) is 1. The maximum absolute atomic E-state index is 12.9. The summed E-state index contributed by atoms with van der Waals surface area (Å²) in [6.45, 7) is 0. The molecular formula is C24H16Cl2N2O5. The predicted molar refractivity (Wildman–Crippen MR) is 125 cm³/mol. The van der Waals surface area contributed by atoms with E-state index in [1.54, 1.807) is 60.7 Å². The molecule has 0 spiro atoms. The molecule has 0 atom stereocenters. The van der Waals surface area contributed by atoms with Gasteiger partial charge in [0.05, 0.1) is 23.4 Å². The third-order valence-corrected chi connectivity index (χ3v) is 5.45. The van der Waals surface area contributed by atoms with Crippen molar-refractivity contribution < 1.29 is 23.9 Å². The first-order valence-electron chi connectivity index (χ1n) is 9.66. The van der Waals surface area contributed by atoms with E-state index in [0.717, 1.165) is 4.90 Å². The molecule has 4 rings (SSSR count). The number of ether oxygens (including phenoxy) is 2. The van der Waals surface area contributed by atoms with Crippen LogP contribution in [0.5, 0.6) is 11.5 Å². The van der Waals surface area contributed by atoms with Crippen molar-refractivity contribution in [3.05, 3.63) is 94.1 Å². The van der Waals surface area contributed by atoms with Crippen LogP contribution < -0.4 is 19.7 Å². The van der Waals surface area contributed by atoms with Crippen LogP contribution in [0, 0.1) is 0 Å². The highest BCUT2D eigenvalue weighted by molar-refractivity contribution is 6.53. The summed E-state index contributed by atoms with van der Waals surface area (Å²) in [5, 5.41) is 2.82. The van der Waals surface area contributed by atoms with Gasteiger partial charge in [-0.25, -0.2) is 9.69 Å². The Labute approximate surface area is 199 Å². The highest BCUT2D eigenvalue weighted by Gasteiger charge is 2.39. The van der Waals surface area contributed by atoms with E-state index in [-0.39, 0.29) is 27.0 Å². The molecule has 2 amide bonds. The van der Waals surface area contributed by atoms with Gasteiger partial charge in [0.2, 0.25) is 0 Å². The summed E-state index contributed by atoms with van der Waals surface area (Å²) >= 11 is 12.3. The zero-order valence-corrected chi connectivity index (χ0v) is 18.7. The summed E-state index contributed by atoms with van der Waals surface area (Å²) in [5.41, 5.74) is 0.863. The Balaban J connectivity index is 1.50. The summed E-state index contributed by atoms with van der Waals surface area (Å²) < 4.78 is 10.6. The molecule has 0 aromatic heterocycles. The number of carbonyl (C=O) groups is 3. The molecule has 0 saturated carbocycles. The van der Waals surface area contributed by atoms with Crippen LogP contribution in [0.2, 0.25) is 5.02 Å². The maximum Gasteiger partial charge on any atom is 0.343 e. The molecule has 1 N–H and O–H groups in total. The van der Waals surface area contributed by atoms with Gasteiger partial charge in [0.15, 0.2) is 11.5 Å². The zero-order valence-electron chi connectivity index (χ0n) is 17.2. The van der Waals surface area contributed by atoms with E-state index in [4.69, 9.17) is 32.7 Å². The van der Waals surface area contributed by atoms with E-state index in [9.17, 15) is 14.4 Å². The van der Waals surface area contributed by atoms with Gasteiger partial charge in [-0.15, -0.1) is 0 Å². The van der Waals surface area contributed by atoms with Crippen molar-refractivity contribution in [1.82, 2.24) is 0 Å². The quantitative estimate of drug-likeness (QED) is 0.302. The molecule has 0 unspecified atom stereocenters. The fraction of sp³-hybridized carbons (Fsp3) is 0.0417. The Bertz CT molecular complexity index is 1290. The number of anilines is 2. The van der Waals surface area contributed by atoms with Crippen LogP contribution in [0.4, 0.5) is 11.4 Å². The molecule has 166 valence electrons. The third-order valence-electron chi connectivity index (χ3n) is 4.78. The second-order valence-corrected chi connectivity index (χ2v) is 7.61. The van der Waals surface area contributed by atoms with E-state index >= 15 is 0 Å². The smallest absolute Gasteiger partial charge is 0.343 e. The normalized spacial score (nSPS) is 13.4. The van der Waals surface area contributed by atoms with Gasteiger partial charge in [-0.05, 0) is 48.5 Å². The molecule has 1 aliphatic heterocycles. The number of amides is 2. The lowest BCUT2D eigenvalue weighted by molar-refractivity contribution is -0.120. The van der Waals surface area contributed by atoms with Gasteiger partial charge in [-0.3, -0.25) is 9.59 Å². The second kappa shape index (κ2) is 9.36. The number of para-hydroxylation sites is 3. The van der Waals surface area contributed by atoms with Crippen LogP contribution in [0.15, 0.2) is 83.5 Å². The van der Waals surface area contributed by atoms with Gasteiger partial charge in [0.1, 0.15) is 10.7 Å². The van der Waals surface area contributed by atoms with Gasteiger partial charge in [-0.2, -0.15) is 0 Å². The van der Waals surface area contributed by atoms with Crippen molar-refractivity contribution in [3.63, 3.8) is 0 Å². The molecule has 9 heteroatoms. The molecule has 0 saturated heterocycles. The highest BCUT2D eigenvalue weighted by atomic mass is 35.5. The summed E-state index contributed by atoms with van der Waals surface area (Å²) in [4.78, 5) is 38.8. The summed E-state index contributed by atoms with van der Waals surface area (Å²) in [6.07, 6.45) is 0. The number of carbonyl (C=O) groups excluding carboxylic acids is 3. The standard InChI is InChI=1S/C24H16Cl2N2O5/c1-32-18-8-4-5-9-19(18)33-24(31)14-10-12-15(13-11-14)27-21-20(26)22(29)28(23(21)30)17-7-3-2-6-16(17)25/h2-13,27H,1H3. The minimum atomic E-state index is -0.686. The number of halogens is 2. The van der Waals surface area contributed by atoms with Crippen molar-refractivity contribution >= 4 is 52.4 Å². The average Bonchev–Trinajstić information content (AvgIpc) is 3.03. The number of hydrogen-bond acceptors (Lipinski definition) is 6. The lowest BCUT2D eigenvalue weighted by Gasteiger charge is -2.16. The van der Waals surface area contributed by atoms with E-state index in [0.29, 0.717) is 17.2 Å². The number of imide groups is 1. The van der Waals surface area contributed by atoms with Crippen LogP contribution in [0.3, 0.4) is 0 Å². The summed E-state index contributed by atoms with van der Waals surface area (Å²) in [7, 11) is 1.48. The zero-order chi connectivity index (χ0) is 23.5. The molecule has 0 aliphatic carbocycles. The van der Waals surface area contributed by atoms with Crippen LogP contribution in [0.1, 0.15) is 10.4 Å². The minimum absolute atomic E-state index is 0.0917. The first-order chi connectivity index (χ1) is 15.9. The van der Waals surface area contributed by atoms with Crippen molar-refractivity contribution in [2.45, 2.75) is 0 Å². The number of esters is 1. The van der Waals surface area contributed by atoms with E-state index in [2.05, 4.69) is 5.32 Å². The minimum Gasteiger partial charge on any atom is -0.493 e. The van der Waals surface area contributed by atoms with E-state index in [1.165, 1.54) is 19.2 Å². The Hall–Kier alpha value is -3.81. The van der Waals surface area contributed by atoms with Crippen LogP contribution in [0.25, 0.3) is 0 Å². The molecule has 3 aromatic rings. The first-order valence-corrected chi connectivity index (χ1v) is 10.4. The van der Waals surface area contributed by atoms with Crippen molar-refractivity contribution in [1.29, 1.82) is 0 Å². The molecule has 33 heavy (non-hydrogen) atoms. The molecule has 1 aliphatic rings. The summed E-state index contributed by atoms with van der Waals surface area (Å²) in [6, 6.07) is 19.4. The van der Waals surface area contributed by atoms with Crippen LogP contribution >= 0.6 is 23.2 Å². The van der Waals surface area contributed by atoms with Gasteiger partial charge < -0.3 is 14.8 Å². The number of methoxy groups -OCH3 is 1. The Morgan fingerprint density at radius 2 is 1.48 bits per heavy atom. The largest absolute Gasteiger partial charge is 0.493 e. The average molecular weight is 483 g/mol. The van der Waals surface area contributed by atoms with Crippen LogP contribution in [-0.4, -0.2) is 24.9 Å². The molecule has 0 bridgehead atoms. The molecule has 3 aromatic carbocycles.